The van der Waals surface area contributed by atoms with Crippen molar-refractivity contribution in [2.24, 2.45) is 5.16 Å². The molecule has 3 aromatic rings. The molecule has 34 heavy (non-hydrogen) atoms. The van der Waals surface area contributed by atoms with Gasteiger partial charge in [-0.2, -0.15) is 0 Å². The van der Waals surface area contributed by atoms with Gasteiger partial charge in [-0.25, -0.2) is 4.39 Å². The molecule has 0 saturated heterocycles. The lowest BCUT2D eigenvalue weighted by Gasteiger charge is -2.14. The van der Waals surface area contributed by atoms with Crippen LogP contribution in [0.3, 0.4) is 0 Å². The van der Waals surface area contributed by atoms with E-state index in [9.17, 15) is 9.18 Å². The fourth-order valence-electron chi connectivity index (χ4n) is 3.20. The van der Waals surface area contributed by atoms with Gasteiger partial charge < -0.3 is 24.2 Å². The second-order valence-corrected chi connectivity index (χ2v) is 7.30. The van der Waals surface area contributed by atoms with Crippen molar-refractivity contribution < 1.29 is 33.3 Å². The average Bonchev–Trinajstić information content (AvgIpc) is 2.85. The summed E-state index contributed by atoms with van der Waals surface area (Å²) >= 11 is 0. The van der Waals surface area contributed by atoms with Crippen LogP contribution >= 0.6 is 0 Å². The molecule has 7 nitrogen and oxygen atoms in total. The van der Waals surface area contributed by atoms with Crippen molar-refractivity contribution in [3.8, 4) is 17.2 Å². The van der Waals surface area contributed by atoms with E-state index in [1.807, 2.05) is 36.4 Å². The van der Waals surface area contributed by atoms with Gasteiger partial charge in [-0.1, -0.05) is 47.6 Å². The van der Waals surface area contributed by atoms with Crippen LogP contribution in [0.1, 0.15) is 23.1 Å². The van der Waals surface area contributed by atoms with E-state index in [0.29, 0.717) is 28.5 Å². The number of ether oxygens (including phenoxy) is 3. The average molecular weight is 467 g/mol. The lowest BCUT2D eigenvalue weighted by atomic mass is 10.1. The maximum absolute atomic E-state index is 14.2. The second-order valence-electron chi connectivity index (χ2n) is 7.30. The quantitative estimate of drug-likeness (QED) is 0.302. The summed E-state index contributed by atoms with van der Waals surface area (Å²) in [7, 11) is 3.02. The highest BCUT2D eigenvalue weighted by atomic mass is 19.1. The third-order valence-electron chi connectivity index (χ3n) is 4.94. The van der Waals surface area contributed by atoms with Gasteiger partial charge in [0.25, 0.3) is 0 Å². The number of carbonyl (C=O) groups is 1. The summed E-state index contributed by atoms with van der Waals surface area (Å²) in [5, 5.41) is 12.8. The number of aliphatic carboxylic acids is 1. The number of halogens is 1. The molecule has 0 amide bonds. The highest BCUT2D eigenvalue weighted by Gasteiger charge is 2.11. The number of oxime groups is 1. The first-order chi connectivity index (χ1) is 16.5. The first-order valence-electron chi connectivity index (χ1n) is 10.6. The Kier molecular flexibility index (Phi) is 8.85. The van der Waals surface area contributed by atoms with Crippen LogP contribution in [0.15, 0.2) is 71.9 Å². The number of rotatable bonds is 12. The van der Waals surface area contributed by atoms with Crippen molar-refractivity contribution in [3.63, 3.8) is 0 Å². The number of methoxy groups -OCH3 is 1. The van der Waals surface area contributed by atoms with Gasteiger partial charge in [0.1, 0.15) is 37.6 Å². The smallest absolute Gasteiger partial charge is 0.303 e. The molecule has 8 heteroatoms. The van der Waals surface area contributed by atoms with Crippen molar-refractivity contribution in [1.29, 1.82) is 0 Å². The molecular formula is C26H26FNO6. The van der Waals surface area contributed by atoms with Crippen LogP contribution < -0.4 is 14.2 Å². The maximum Gasteiger partial charge on any atom is 0.303 e. The number of benzene rings is 3. The van der Waals surface area contributed by atoms with Crippen molar-refractivity contribution in [1.82, 2.24) is 0 Å². The van der Waals surface area contributed by atoms with Gasteiger partial charge in [-0.15, -0.1) is 0 Å². The molecule has 0 atom stereocenters. The van der Waals surface area contributed by atoms with E-state index < -0.39 is 11.8 Å². The maximum atomic E-state index is 14.2. The molecule has 0 saturated carbocycles. The first kappa shape index (κ1) is 24.6. The highest BCUT2D eigenvalue weighted by Crippen LogP contribution is 2.29. The Morgan fingerprint density at radius 3 is 2.44 bits per heavy atom. The molecule has 0 aliphatic heterocycles. The number of nitrogens with zero attached hydrogens (tertiary/aromatic N) is 1. The van der Waals surface area contributed by atoms with Gasteiger partial charge in [0.15, 0.2) is 11.5 Å². The molecule has 0 bridgehead atoms. The van der Waals surface area contributed by atoms with Crippen molar-refractivity contribution in [3.05, 3.63) is 89.2 Å². The first-order valence-corrected chi connectivity index (χ1v) is 10.6. The molecule has 0 aromatic heterocycles. The summed E-state index contributed by atoms with van der Waals surface area (Å²) in [5.41, 5.74) is 2.65. The zero-order chi connectivity index (χ0) is 24.3. The van der Waals surface area contributed by atoms with Crippen molar-refractivity contribution in [2.75, 3.05) is 20.8 Å². The van der Waals surface area contributed by atoms with Crippen LogP contribution in [0.2, 0.25) is 0 Å². The van der Waals surface area contributed by atoms with E-state index in [1.165, 1.54) is 19.2 Å². The largest absolute Gasteiger partial charge is 0.493 e. The lowest BCUT2D eigenvalue weighted by molar-refractivity contribution is -0.136. The van der Waals surface area contributed by atoms with Crippen LogP contribution in [-0.2, 0) is 22.7 Å². The minimum Gasteiger partial charge on any atom is -0.493 e. The van der Waals surface area contributed by atoms with Gasteiger partial charge in [0, 0.05) is 18.1 Å². The van der Waals surface area contributed by atoms with Crippen LogP contribution in [0.4, 0.5) is 4.39 Å². The monoisotopic (exact) mass is 467 g/mol. The Bertz CT molecular complexity index is 1130. The van der Waals surface area contributed by atoms with Gasteiger partial charge in [-0.05, 0) is 35.7 Å². The number of aryl methyl sites for hydroxylation is 1. The molecule has 0 spiro atoms. The molecule has 3 aromatic carbocycles. The summed E-state index contributed by atoms with van der Waals surface area (Å²) in [6.45, 7) is 0.364. The molecule has 0 radical (unpaired) electrons. The summed E-state index contributed by atoms with van der Waals surface area (Å²) < 4.78 is 31.3. The Morgan fingerprint density at radius 1 is 0.971 bits per heavy atom. The van der Waals surface area contributed by atoms with E-state index in [-0.39, 0.29) is 26.1 Å². The second kappa shape index (κ2) is 12.2. The SMILES string of the molecule is CO/N=C(/COc1ccc(COc2ccc(CCC(=O)O)c(F)c2)cc1OC)c1ccccc1. The molecule has 0 heterocycles. The minimum absolute atomic E-state index is 0.126. The van der Waals surface area contributed by atoms with Crippen molar-refractivity contribution in [2.45, 2.75) is 19.4 Å². The summed E-state index contributed by atoms with van der Waals surface area (Å²) in [5.74, 6) is -0.0736. The van der Waals surface area contributed by atoms with Crippen LogP contribution in [0.5, 0.6) is 17.2 Å². The van der Waals surface area contributed by atoms with Crippen LogP contribution in [-0.4, -0.2) is 37.6 Å². The van der Waals surface area contributed by atoms with Gasteiger partial charge in [0.2, 0.25) is 0 Å². The van der Waals surface area contributed by atoms with E-state index in [0.717, 1.165) is 11.1 Å². The summed E-state index contributed by atoms with van der Waals surface area (Å²) in [6, 6.07) is 19.4. The van der Waals surface area contributed by atoms with Gasteiger partial charge in [-0.3, -0.25) is 4.79 Å². The Hall–Kier alpha value is -4.07. The predicted molar refractivity (Wildman–Crippen MR) is 125 cm³/mol. The number of carboxylic acids is 1. The minimum atomic E-state index is -0.969. The Labute approximate surface area is 197 Å². The third kappa shape index (κ3) is 6.96. The van der Waals surface area contributed by atoms with Crippen LogP contribution in [0, 0.1) is 5.82 Å². The normalized spacial score (nSPS) is 11.1. The standard InChI is InChI=1S/C26H26FNO6/c1-31-25-14-18(16-33-21-11-9-19(22(27)15-21)10-13-26(29)30)8-12-24(25)34-17-23(28-32-2)20-6-4-3-5-7-20/h3-9,11-12,14-15H,10,13,16-17H2,1-2H3,(H,29,30)/b28-23-. The molecule has 0 aliphatic carbocycles. The topological polar surface area (TPSA) is 86.6 Å². The number of hydrogen-bond acceptors (Lipinski definition) is 6. The van der Waals surface area contributed by atoms with E-state index in [1.54, 1.807) is 25.3 Å². The third-order valence-corrected chi connectivity index (χ3v) is 4.94. The Balaban J connectivity index is 1.63. The fourth-order valence-corrected chi connectivity index (χ4v) is 3.20. The molecule has 1 N–H and O–H groups in total. The van der Waals surface area contributed by atoms with Gasteiger partial charge >= 0.3 is 5.97 Å². The molecular weight excluding hydrogens is 441 g/mol. The molecule has 0 aliphatic rings. The zero-order valence-corrected chi connectivity index (χ0v) is 19.0. The zero-order valence-electron chi connectivity index (χ0n) is 19.0. The van der Waals surface area contributed by atoms with Gasteiger partial charge in [0.05, 0.1) is 7.11 Å². The van der Waals surface area contributed by atoms with E-state index in [2.05, 4.69) is 5.16 Å². The number of carboxylic acid groups (broad SMARTS) is 1. The molecule has 0 unspecified atom stereocenters. The summed E-state index contributed by atoms with van der Waals surface area (Å²) in [4.78, 5) is 15.6. The highest BCUT2D eigenvalue weighted by molar-refractivity contribution is 6.01. The predicted octanol–water partition coefficient (Wildman–Crippen LogP) is 4.86. The van der Waals surface area contributed by atoms with Crippen LogP contribution in [0.25, 0.3) is 0 Å². The molecule has 178 valence electrons. The summed E-state index contributed by atoms with van der Waals surface area (Å²) in [6.07, 6.45) is -0.00329. The number of hydrogen-bond donors (Lipinski definition) is 1. The lowest BCUT2D eigenvalue weighted by Crippen LogP contribution is -2.14. The van der Waals surface area contributed by atoms with E-state index in [4.69, 9.17) is 24.2 Å². The van der Waals surface area contributed by atoms with Crippen molar-refractivity contribution >= 4 is 11.7 Å². The van der Waals surface area contributed by atoms with E-state index >= 15 is 0 Å². The molecule has 0 fully saturated rings. The molecule has 3 rings (SSSR count). The fraction of sp³-hybridized carbons (Fsp3) is 0.231. The Morgan fingerprint density at radius 2 is 1.76 bits per heavy atom.